The van der Waals surface area contributed by atoms with Crippen molar-refractivity contribution in [3.63, 3.8) is 0 Å². The third-order valence-corrected chi connectivity index (χ3v) is 6.68. The lowest BCUT2D eigenvalue weighted by Gasteiger charge is -2.31. The quantitative estimate of drug-likeness (QED) is 0.691. The normalized spacial score (nSPS) is 24.4. The molecule has 7 heteroatoms. The Hall–Kier alpha value is -2.09. The van der Waals surface area contributed by atoms with E-state index in [1.807, 2.05) is 19.9 Å². The van der Waals surface area contributed by atoms with Crippen molar-refractivity contribution in [1.29, 1.82) is 0 Å². The highest BCUT2D eigenvalue weighted by atomic mass is 16.5. The number of carbonyl (C=O) groups excluding carboxylic acids is 1. The molecule has 0 aliphatic carbocycles. The predicted molar refractivity (Wildman–Crippen MR) is 116 cm³/mol. The van der Waals surface area contributed by atoms with Gasteiger partial charge in [0.05, 0.1) is 25.2 Å². The Balaban J connectivity index is 1.72. The Morgan fingerprint density at radius 1 is 1.26 bits per heavy atom. The van der Waals surface area contributed by atoms with Crippen LogP contribution in [0, 0.1) is 6.92 Å². The molecule has 0 amide bonds. The smallest absolute Gasteiger partial charge is 0.137 e. The van der Waals surface area contributed by atoms with Crippen LogP contribution in [0.15, 0.2) is 10.5 Å². The van der Waals surface area contributed by atoms with Gasteiger partial charge in [-0.05, 0) is 43.7 Å². The number of morpholine rings is 1. The molecule has 2 fully saturated rings. The van der Waals surface area contributed by atoms with E-state index in [2.05, 4.69) is 17.6 Å². The molecule has 3 atom stereocenters. The van der Waals surface area contributed by atoms with Crippen LogP contribution in [0.2, 0.25) is 0 Å². The van der Waals surface area contributed by atoms with Gasteiger partial charge in [0.25, 0.3) is 0 Å². The number of carboxylic acid groups (broad SMARTS) is 1. The summed E-state index contributed by atoms with van der Waals surface area (Å²) in [6.07, 6.45) is 4.35. The van der Waals surface area contributed by atoms with Crippen LogP contribution in [0.1, 0.15) is 60.4 Å². The Labute approximate surface area is 183 Å². The zero-order valence-electron chi connectivity index (χ0n) is 18.8. The van der Waals surface area contributed by atoms with Gasteiger partial charge in [0.1, 0.15) is 24.0 Å². The number of quaternary nitrogens is 1. The minimum Gasteiger partial charge on any atom is -0.545 e. The van der Waals surface area contributed by atoms with Gasteiger partial charge in [-0.2, -0.15) is 0 Å². The molecule has 2 aliphatic rings. The summed E-state index contributed by atoms with van der Waals surface area (Å²) >= 11 is 0. The number of hydrogen-bond acceptors (Lipinski definition) is 6. The number of aromatic carboxylic acids is 1. The number of carboxylic acids is 1. The van der Waals surface area contributed by atoms with Crippen LogP contribution < -0.4 is 15.7 Å². The van der Waals surface area contributed by atoms with Gasteiger partial charge in [-0.1, -0.05) is 13.8 Å². The third kappa shape index (κ3) is 4.59. The lowest BCUT2D eigenvalue weighted by molar-refractivity contribution is -0.677. The van der Waals surface area contributed by atoms with Crippen LogP contribution in [0.4, 0.5) is 5.69 Å². The van der Waals surface area contributed by atoms with E-state index in [1.165, 1.54) is 0 Å². The molecular weight excluding hydrogens is 396 g/mol. The highest BCUT2D eigenvalue weighted by Crippen LogP contribution is 2.36. The van der Waals surface area contributed by atoms with E-state index in [9.17, 15) is 9.90 Å². The number of hydrogen-bond donors (Lipinski definition) is 2. The fraction of sp³-hybridized carbons (Fsp3) is 0.625. The first kappa shape index (κ1) is 22.1. The monoisotopic (exact) mass is 430 g/mol. The first-order chi connectivity index (χ1) is 15.0. The van der Waals surface area contributed by atoms with Crippen molar-refractivity contribution in [3.8, 4) is 0 Å². The Bertz CT molecular complexity index is 932. The molecule has 31 heavy (non-hydrogen) atoms. The minimum absolute atomic E-state index is 0.0795. The van der Waals surface area contributed by atoms with Gasteiger partial charge in [0.2, 0.25) is 0 Å². The van der Waals surface area contributed by atoms with Crippen molar-refractivity contribution >= 4 is 22.6 Å². The number of fused-ring (bicyclic) bond motifs is 1. The van der Waals surface area contributed by atoms with E-state index in [0.717, 1.165) is 68.1 Å². The standard InChI is InChI=1S/C24H34N2O5/c1-4-16-10-15(6-8-29-16)26-19-12-21-22(23(24(27)28)18(19)5-2)14(3)20(31-21)11-17-13-25-7-9-30-17/h12,15-17,25-26H,4-11,13H2,1-3H3,(H,27,28). The van der Waals surface area contributed by atoms with Gasteiger partial charge in [-0.15, -0.1) is 0 Å². The zero-order chi connectivity index (χ0) is 22.0. The molecule has 3 heterocycles. The number of ether oxygens (including phenoxy) is 2. The van der Waals surface area contributed by atoms with Crippen LogP contribution in [0.3, 0.4) is 0 Å². The highest BCUT2D eigenvalue weighted by Gasteiger charge is 2.26. The Morgan fingerprint density at radius 3 is 2.74 bits per heavy atom. The minimum atomic E-state index is -1.15. The van der Waals surface area contributed by atoms with Crippen molar-refractivity contribution in [1.82, 2.24) is 0 Å². The molecule has 2 aromatic rings. The van der Waals surface area contributed by atoms with Crippen molar-refractivity contribution in [2.75, 3.05) is 31.6 Å². The van der Waals surface area contributed by atoms with Crippen LogP contribution in [-0.4, -0.2) is 50.5 Å². The second kappa shape index (κ2) is 9.59. The van der Waals surface area contributed by atoms with Gasteiger partial charge >= 0.3 is 0 Å². The number of nitrogens with two attached hydrogens (primary N) is 1. The van der Waals surface area contributed by atoms with Crippen LogP contribution in [0.5, 0.6) is 0 Å². The first-order valence-corrected chi connectivity index (χ1v) is 11.6. The number of carbonyl (C=O) groups is 1. The molecule has 0 bridgehead atoms. The number of furan rings is 1. The summed E-state index contributed by atoms with van der Waals surface area (Å²) in [5.74, 6) is -0.351. The summed E-state index contributed by atoms with van der Waals surface area (Å²) in [7, 11) is 0. The molecule has 4 rings (SSSR count). The molecule has 2 aliphatic heterocycles. The molecule has 0 radical (unpaired) electrons. The van der Waals surface area contributed by atoms with Gasteiger partial charge in [0.15, 0.2) is 0 Å². The van der Waals surface area contributed by atoms with Gasteiger partial charge < -0.3 is 34.4 Å². The SMILES string of the molecule is CCc1c(NC2CCOC(CC)C2)cc2oc(CC3C[NH2+]CCO3)c(C)c2c1C(=O)[O-]. The Kier molecular flexibility index (Phi) is 6.84. The maximum atomic E-state index is 12.3. The molecule has 0 saturated carbocycles. The average molecular weight is 431 g/mol. The number of nitrogens with one attached hydrogen (secondary N) is 1. The number of benzene rings is 1. The average Bonchev–Trinajstić information content (AvgIpc) is 3.08. The fourth-order valence-corrected chi connectivity index (χ4v) is 4.97. The van der Waals surface area contributed by atoms with Crippen molar-refractivity contribution in [2.45, 2.75) is 71.1 Å². The highest BCUT2D eigenvalue weighted by molar-refractivity contribution is 6.06. The molecule has 0 spiro atoms. The third-order valence-electron chi connectivity index (χ3n) is 6.68. The maximum absolute atomic E-state index is 12.3. The second-order valence-electron chi connectivity index (χ2n) is 8.72. The number of aryl methyl sites for hydroxylation is 1. The van der Waals surface area contributed by atoms with Gasteiger partial charge in [-0.25, -0.2) is 0 Å². The molecule has 2 saturated heterocycles. The van der Waals surface area contributed by atoms with Crippen molar-refractivity contribution < 1.29 is 29.1 Å². The van der Waals surface area contributed by atoms with Crippen LogP contribution >= 0.6 is 0 Å². The van der Waals surface area contributed by atoms with E-state index in [1.54, 1.807) is 0 Å². The molecule has 1 aromatic heterocycles. The number of rotatable bonds is 7. The van der Waals surface area contributed by atoms with E-state index in [-0.39, 0.29) is 23.8 Å². The maximum Gasteiger partial charge on any atom is 0.137 e. The van der Waals surface area contributed by atoms with Gasteiger partial charge in [0, 0.05) is 41.8 Å². The van der Waals surface area contributed by atoms with E-state index in [0.29, 0.717) is 23.8 Å². The summed E-state index contributed by atoms with van der Waals surface area (Å²) in [6, 6.07) is 2.22. The van der Waals surface area contributed by atoms with Crippen molar-refractivity contribution in [3.05, 3.63) is 28.5 Å². The lowest BCUT2D eigenvalue weighted by Crippen LogP contribution is -2.89. The lowest BCUT2D eigenvalue weighted by atomic mass is 9.94. The molecule has 3 N–H and O–H groups in total. The van der Waals surface area contributed by atoms with E-state index >= 15 is 0 Å². The summed E-state index contributed by atoms with van der Waals surface area (Å²) in [5, 5.41) is 18.8. The number of anilines is 1. The molecule has 170 valence electrons. The predicted octanol–water partition coefficient (Wildman–Crippen LogP) is 1.54. The first-order valence-electron chi connectivity index (χ1n) is 11.6. The largest absolute Gasteiger partial charge is 0.545 e. The van der Waals surface area contributed by atoms with E-state index < -0.39 is 5.97 Å². The topological polar surface area (TPSA) is 100 Å². The zero-order valence-corrected chi connectivity index (χ0v) is 18.8. The molecule has 1 aromatic carbocycles. The summed E-state index contributed by atoms with van der Waals surface area (Å²) in [4.78, 5) is 12.3. The summed E-state index contributed by atoms with van der Waals surface area (Å²) in [5.41, 5.74) is 3.35. The van der Waals surface area contributed by atoms with Gasteiger partial charge in [-0.3, -0.25) is 0 Å². The molecular formula is C24H34N2O5. The summed E-state index contributed by atoms with van der Waals surface area (Å²) in [6.45, 7) is 9.37. The fourth-order valence-electron chi connectivity index (χ4n) is 4.97. The molecule has 3 unspecified atom stereocenters. The van der Waals surface area contributed by atoms with Crippen LogP contribution in [0.25, 0.3) is 11.0 Å². The summed E-state index contributed by atoms with van der Waals surface area (Å²) < 4.78 is 17.9. The Morgan fingerprint density at radius 2 is 2.06 bits per heavy atom. The molecule has 7 nitrogen and oxygen atoms in total. The van der Waals surface area contributed by atoms with Crippen molar-refractivity contribution in [2.24, 2.45) is 0 Å². The van der Waals surface area contributed by atoms with Crippen LogP contribution in [-0.2, 0) is 22.3 Å². The second-order valence-corrected chi connectivity index (χ2v) is 8.72. The van der Waals surface area contributed by atoms with E-state index in [4.69, 9.17) is 13.9 Å².